The second-order valence-electron chi connectivity index (χ2n) is 4.09. The van der Waals surface area contributed by atoms with E-state index in [1.54, 1.807) is 18.2 Å². The van der Waals surface area contributed by atoms with E-state index in [4.69, 9.17) is 10.5 Å². The summed E-state index contributed by atoms with van der Waals surface area (Å²) in [6, 6.07) is 6.26. The molecule has 0 aliphatic heterocycles. The maximum absolute atomic E-state index is 13.8. The standard InChI is InChI=1S/C14H21FN2O2/c1-2-19-11-8-14(18)17(10-5-9-16)13-7-4-3-6-12(13)15/h3-4,6-7H,2,5,8-11,16H2,1H3. The van der Waals surface area contributed by atoms with Crippen molar-refractivity contribution in [1.29, 1.82) is 0 Å². The van der Waals surface area contributed by atoms with Crippen molar-refractivity contribution in [3.8, 4) is 0 Å². The molecule has 4 nitrogen and oxygen atoms in total. The average Bonchev–Trinajstić information content (AvgIpc) is 2.41. The van der Waals surface area contributed by atoms with Gasteiger partial charge < -0.3 is 15.4 Å². The maximum Gasteiger partial charge on any atom is 0.229 e. The molecule has 0 heterocycles. The summed E-state index contributed by atoms with van der Waals surface area (Å²) in [6.45, 7) is 3.66. The highest BCUT2D eigenvalue weighted by Crippen LogP contribution is 2.19. The number of carbonyl (C=O) groups excluding carboxylic acids is 1. The molecule has 19 heavy (non-hydrogen) atoms. The molecule has 0 saturated heterocycles. The Morgan fingerprint density at radius 1 is 1.42 bits per heavy atom. The van der Waals surface area contributed by atoms with E-state index in [2.05, 4.69) is 0 Å². The third-order valence-electron chi connectivity index (χ3n) is 2.69. The van der Waals surface area contributed by atoms with E-state index in [1.165, 1.54) is 11.0 Å². The number of benzene rings is 1. The van der Waals surface area contributed by atoms with Crippen molar-refractivity contribution in [2.75, 3.05) is 31.2 Å². The van der Waals surface area contributed by atoms with E-state index in [0.717, 1.165) is 0 Å². The topological polar surface area (TPSA) is 55.6 Å². The lowest BCUT2D eigenvalue weighted by Crippen LogP contribution is -2.34. The van der Waals surface area contributed by atoms with Gasteiger partial charge in [0.25, 0.3) is 0 Å². The molecule has 0 spiro atoms. The number of anilines is 1. The number of amides is 1. The molecule has 2 N–H and O–H groups in total. The van der Waals surface area contributed by atoms with E-state index in [1.807, 2.05) is 6.92 Å². The number of hydrogen-bond acceptors (Lipinski definition) is 3. The summed E-state index contributed by atoms with van der Waals surface area (Å²) in [7, 11) is 0. The van der Waals surface area contributed by atoms with E-state index in [0.29, 0.717) is 38.4 Å². The number of nitrogens with zero attached hydrogens (tertiary/aromatic N) is 1. The van der Waals surface area contributed by atoms with Gasteiger partial charge >= 0.3 is 0 Å². The summed E-state index contributed by atoms with van der Waals surface area (Å²) in [5.41, 5.74) is 5.76. The minimum atomic E-state index is -0.399. The molecule has 0 radical (unpaired) electrons. The lowest BCUT2D eigenvalue weighted by molar-refractivity contribution is -0.119. The summed E-state index contributed by atoms with van der Waals surface area (Å²) < 4.78 is 18.9. The Morgan fingerprint density at radius 2 is 2.16 bits per heavy atom. The van der Waals surface area contributed by atoms with Crippen molar-refractivity contribution >= 4 is 11.6 Å². The predicted octanol–water partition coefficient (Wildman–Crippen LogP) is 1.93. The van der Waals surface area contributed by atoms with E-state index in [-0.39, 0.29) is 12.3 Å². The van der Waals surface area contributed by atoms with Crippen LogP contribution in [0.2, 0.25) is 0 Å². The number of ether oxygens (including phenoxy) is 1. The summed E-state index contributed by atoms with van der Waals surface area (Å²) in [4.78, 5) is 13.6. The van der Waals surface area contributed by atoms with Gasteiger partial charge in [-0.3, -0.25) is 4.79 Å². The molecule has 1 aromatic rings. The largest absolute Gasteiger partial charge is 0.381 e. The highest BCUT2D eigenvalue weighted by Gasteiger charge is 2.17. The fourth-order valence-electron chi connectivity index (χ4n) is 1.74. The second kappa shape index (κ2) is 8.61. The SMILES string of the molecule is CCOCCC(=O)N(CCCN)c1ccccc1F. The highest BCUT2D eigenvalue weighted by molar-refractivity contribution is 5.93. The predicted molar refractivity (Wildman–Crippen MR) is 73.5 cm³/mol. The summed E-state index contributed by atoms with van der Waals surface area (Å²) in [6.07, 6.45) is 0.876. The Labute approximate surface area is 113 Å². The number of hydrogen-bond donors (Lipinski definition) is 1. The molecular weight excluding hydrogens is 247 g/mol. The molecule has 0 unspecified atom stereocenters. The van der Waals surface area contributed by atoms with E-state index in [9.17, 15) is 9.18 Å². The molecule has 0 aromatic heterocycles. The number of rotatable bonds is 8. The zero-order valence-corrected chi connectivity index (χ0v) is 11.3. The average molecular weight is 268 g/mol. The van der Waals surface area contributed by atoms with Crippen LogP contribution in [0.25, 0.3) is 0 Å². The van der Waals surface area contributed by atoms with Gasteiger partial charge in [-0.15, -0.1) is 0 Å². The second-order valence-corrected chi connectivity index (χ2v) is 4.09. The van der Waals surface area contributed by atoms with Crippen LogP contribution in [0.1, 0.15) is 19.8 Å². The van der Waals surface area contributed by atoms with Gasteiger partial charge in [0.15, 0.2) is 0 Å². The van der Waals surface area contributed by atoms with Gasteiger partial charge in [-0.05, 0) is 32.0 Å². The van der Waals surface area contributed by atoms with Gasteiger partial charge in [0.1, 0.15) is 5.82 Å². The quantitative estimate of drug-likeness (QED) is 0.733. The molecule has 0 bridgehead atoms. The molecular formula is C14H21FN2O2. The zero-order valence-electron chi connectivity index (χ0n) is 11.3. The summed E-state index contributed by atoms with van der Waals surface area (Å²) in [5, 5.41) is 0. The van der Waals surface area contributed by atoms with Crippen LogP contribution in [0.5, 0.6) is 0 Å². The van der Waals surface area contributed by atoms with Crippen LogP contribution < -0.4 is 10.6 Å². The molecule has 5 heteroatoms. The fraction of sp³-hybridized carbons (Fsp3) is 0.500. The van der Waals surface area contributed by atoms with Crippen molar-refractivity contribution in [3.05, 3.63) is 30.1 Å². The number of para-hydroxylation sites is 1. The number of halogens is 1. The van der Waals surface area contributed by atoms with Gasteiger partial charge in [0.2, 0.25) is 5.91 Å². The minimum Gasteiger partial charge on any atom is -0.381 e. The normalized spacial score (nSPS) is 10.5. The maximum atomic E-state index is 13.8. The first kappa shape index (κ1) is 15.6. The van der Waals surface area contributed by atoms with Gasteiger partial charge in [0.05, 0.1) is 18.7 Å². The first-order chi connectivity index (χ1) is 9.20. The molecule has 0 aliphatic carbocycles. The number of nitrogens with two attached hydrogens (primary N) is 1. The first-order valence-electron chi connectivity index (χ1n) is 6.53. The van der Waals surface area contributed by atoms with Crippen molar-refractivity contribution < 1.29 is 13.9 Å². The minimum absolute atomic E-state index is 0.146. The van der Waals surface area contributed by atoms with Crippen molar-refractivity contribution in [3.63, 3.8) is 0 Å². The van der Waals surface area contributed by atoms with Crippen LogP contribution in [0.3, 0.4) is 0 Å². The highest BCUT2D eigenvalue weighted by atomic mass is 19.1. The van der Waals surface area contributed by atoms with Crippen molar-refractivity contribution in [2.45, 2.75) is 19.8 Å². The van der Waals surface area contributed by atoms with E-state index < -0.39 is 5.82 Å². The third-order valence-corrected chi connectivity index (χ3v) is 2.69. The summed E-state index contributed by atoms with van der Waals surface area (Å²) >= 11 is 0. The molecule has 1 aromatic carbocycles. The third kappa shape index (κ3) is 4.96. The lowest BCUT2D eigenvalue weighted by atomic mass is 10.2. The van der Waals surface area contributed by atoms with E-state index >= 15 is 0 Å². The molecule has 1 rings (SSSR count). The smallest absolute Gasteiger partial charge is 0.229 e. The molecule has 1 amide bonds. The van der Waals surface area contributed by atoms with Crippen LogP contribution in [-0.2, 0) is 9.53 Å². The monoisotopic (exact) mass is 268 g/mol. The Hall–Kier alpha value is -1.46. The van der Waals surface area contributed by atoms with Crippen LogP contribution in [-0.4, -0.2) is 32.2 Å². The van der Waals surface area contributed by atoms with Gasteiger partial charge in [-0.2, -0.15) is 0 Å². The Morgan fingerprint density at radius 3 is 2.79 bits per heavy atom. The van der Waals surface area contributed by atoms with Crippen LogP contribution in [0.15, 0.2) is 24.3 Å². The Kier molecular flexibility index (Phi) is 7.07. The zero-order chi connectivity index (χ0) is 14.1. The Balaban J connectivity index is 2.76. The van der Waals surface area contributed by atoms with Gasteiger partial charge in [0, 0.05) is 13.2 Å². The van der Waals surface area contributed by atoms with Crippen LogP contribution >= 0.6 is 0 Å². The van der Waals surface area contributed by atoms with Crippen molar-refractivity contribution in [2.24, 2.45) is 5.73 Å². The molecule has 0 saturated carbocycles. The molecule has 106 valence electrons. The fourth-order valence-corrected chi connectivity index (χ4v) is 1.74. The van der Waals surface area contributed by atoms with Gasteiger partial charge in [-0.25, -0.2) is 4.39 Å². The molecule has 0 aliphatic rings. The number of carbonyl (C=O) groups is 1. The summed E-state index contributed by atoms with van der Waals surface area (Å²) in [5.74, 6) is -0.545. The lowest BCUT2D eigenvalue weighted by Gasteiger charge is -2.23. The van der Waals surface area contributed by atoms with Crippen molar-refractivity contribution in [1.82, 2.24) is 0 Å². The van der Waals surface area contributed by atoms with Gasteiger partial charge in [-0.1, -0.05) is 12.1 Å². The van der Waals surface area contributed by atoms with Crippen LogP contribution in [0.4, 0.5) is 10.1 Å². The molecule has 0 fully saturated rings. The van der Waals surface area contributed by atoms with Crippen LogP contribution in [0, 0.1) is 5.82 Å². The first-order valence-corrected chi connectivity index (χ1v) is 6.53. The molecule has 0 atom stereocenters. The Bertz CT molecular complexity index is 399.